The van der Waals surface area contributed by atoms with Crippen LogP contribution in [0, 0.1) is 11.7 Å². The summed E-state index contributed by atoms with van der Waals surface area (Å²) in [7, 11) is 0. The predicted octanol–water partition coefficient (Wildman–Crippen LogP) is 0.482. The molecule has 8 nitrogen and oxygen atoms in total. The molecule has 0 radical (unpaired) electrons. The maximum absolute atomic E-state index is 14.7. The molecule has 3 N–H and O–H groups in total. The van der Waals surface area contributed by atoms with Gasteiger partial charge in [-0.1, -0.05) is 0 Å². The fourth-order valence-corrected chi connectivity index (χ4v) is 4.57. The lowest BCUT2D eigenvalue weighted by Gasteiger charge is -2.38. The Morgan fingerprint density at radius 3 is 2.52 bits per heavy atom. The van der Waals surface area contributed by atoms with Gasteiger partial charge in [-0.15, -0.1) is 0 Å². The highest BCUT2D eigenvalue weighted by Crippen LogP contribution is 2.22. The van der Waals surface area contributed by atoms with Crippen molar-refractivity contribution in [3.8, 4) is 0 Å². The van der Waals surface area contributed by atoms with Gasteiger partial charge in [-0.2, -0.15) is 0 Å². The first-order valence-electron chi connectivity index (χ1n) is 11.1. The van der Waals surface area contributed by atoms with E-state index in [1.54, 1.807) is 6.07 Å². The third-order valence-corrected chi connectivity index (χ3v) is 6.45. The van der Waals surface area contributed by atoms with E-state index < -0.39 is 23.7 Å². The number of hydrogen-bond acceptors (Lipinski definition) is 6. The van der Waals surface area contributed by atoms with E-state index in [1.807, 2.05) is 0 Å². The fourth-order valence-electron chi connectivity index (χ4n) is 4.57. The molecule has 0 unspecified atom stereocenters. The number of piperidine rings is 2. The lowest BCUT2D eigenvalue weighted by Crippen LogP contribution is -2.52. The molecule has 0 aromatic heterocycles. The number of rotatable bonds is 5. The Bertz CT molecular complexity index is 834. The molecule has 3 aliphatic rings. The highest BCUT2D eigenvalue weighted by atomic mass is 19.1. The van der Waals surface area contributed by atoms with E-state index >= 15 is 0 Å². The zero-order valence-corrected chi connectivity index (χ0v) is 17.7. The van der Waals surface area contributed by atoms with Crippen LogP contribution < -0.4 is 20.9 Å². The molecule has 1 atom stereocenters. The number of carbonyl (C=O) groups is 3. The van der Waals surface area contributed by atoms with Crippen molar-refractivity contribution in [1.82, 2.24) is 20.9 Å². The first-order valence-corrected chi connectivity index (χ1v) is 11.1. The van der Waals surface area contributed by atoms with Crippen LogP contribution in [0.4, 0.5) is 10.1 Å². The van der Waals surface area contributed by atoms with Crippen LogP contribution in [0.15, 0.2) is 18.2 Å². The molecule has 1 aromatic carbocycles. The van der Waals surface area contributed by atoms with E-state index in [4.69, 9.17) is 0 Å². The van der Waals surface area contributed by atoms with Crippen molar-refractivity contribution >= 4 is 23.4 Å². The van der Waals surface area contributed by atoms with Gasteiger partial charge >= 0.3 is 0 Å². The number of benzene rings is 1. The molecule has 3 aliphatic heterocycles. The Kier molecular flexibility index (Phi) is 6.82. The lowest BCUT2D eigenvalue weighted by atomic mass is 9.97. The normalized spacial score (nSPS) is 23.5. The van der Waals surface area contributed by atoms with Crippen molar-refractivity contribution in [2.24, 2.45) is 5.92 Å². The summed E-state index contributed by atoms with van der Waals surface area (Å²) in [6.45, 7) is 6.88. The average Bonchev–Trinajstić information content (AvgIpc) is 2.77. The Hall–Kier alpha value is -2.52. The SMILES string of the molecule is O=C1CC[C@H](NC(=O)c2ccc(N3CCN(CC4CCNCC4)CC3)cc2F)C(=O)N1. The molecule has 9 heteroatoms. The number of nitrogens with one attached hydrogen (secondary N) is 3. The van der Waals surface area contributed by atoms with E-state index in [2.05, 4.69) is 25.8 Å². The van der Waals surface area contributed by atoms with E-state index in [0.29, 0.717) is 0 Å². The van der Waals surface area contributed by atoms with E-state index in [1.165, 1.54) is 25.0 Å². The van der Waals surface area contributed by atoms with Crippen molar-refractivity contribution in [3.63, 3.8) is 0 Å². The van der Waals surface area contributed by atoms with Crippen LogP contribution >= 0.6 is 0 Å². The maximum Gasteiger partial charge on any atom is 0.254 e. The first-order chi connectivity index (χ1) is 15.0. The van der Waals surface area contributed by atoms with Gasteiger partial charge in [-0.05, 0) is 56.5 Å². The standard InChI is InChI=1S/C22H30FN5O3/c23-18-13-16(28-11-9-27(10-12-28)14-15-5-7-24-8-6-15)1-2-17(18)21(30)25-19-3-4-20(29)26-22(19)31/h1-2,13,15,19,24H,3-12,14H2,(H,25,30)(H,26,29,31)/t19-/m0/s1. The Balaban J connectivity index is 1.31. The number of anilines is 1. The van der Waals surface area contributed by atoms with Crippen LogP contribution in [0.25, 0.3) is 0 Å². The zero-order valence-electron chi connectivity index (χ0n) is 17.7. The average molecular weight is 432 g/mol. The second-order valence-corrected chi connectivity index (χ2v) is 8.62. The van der Waals surface area contributed by atoms with Gasteiger partial charge in [0.2, 0.25) is 11.8 Å². The monoisotopic (exact) mass is 431 g/mol. The summed E-state index contributed by atoms with van der Waals surface area (Å²) in [4.78, 5) is 40.1. The van der Waals surface area contributed by atoms with Crippen molar-refractivity contribution in [2.75, 3.05) is 50.7 Å². The van der Waals surface area contributed by atoms with Gasteiger partial charge in [-0.3, -0.25) is 24.6 Å². The quantitative estimate of drug-likeness (QED) is 0.588. The highest BCUT2D eigenvalue weighted by Gasteiger charge is 2.29. The molecule has 3 fully saturated rings. The predicted molar refractivity (Wildman–Crippen MR) is 114 cm³/mol. The van der Waals surface area contributed by atoms with Gasteiger partial charge in [0, 0.05) is 44.8 Å². The highest BCUT2D eigenvalue weighted by molar-refractivity contribution is 6.03. The largest absolute Gasteiger partial charge is 0.369 e. The van der Waals surface area contributed by atoms with Crippen LogP contribution in [0.3, 0.4) is 0 Å². The molecule has 3 amide bonds. The molecule has 4 rings (SSSR count). The minimum absolute atomic E-state index is 0.0991. The van der Waals surface area contributed by atoms with Gasteiger partial charge in [0.25, 0.3) is 5.91 Å². The van der Waals surface area contributed by atoms with Gasteiger partial charge < -0.3 is 15.5 Å². The smallest absolute Gasteiger partial charge is 0.254 e. The van der Waals surface area contributed by atoms with Gasteiger partial charge in [0.1, 0.15) is 11.9 Å². The number of imide groups is 1. The topological polar surface area (TPSA) is 93.8 Å². The van der Waals surface area contributed by atoms with E-state index in [0.717, 1.165) is 57.4 Å². The molecule has 3 heterocycles. The minimum Gasteiger partial charge on any atom is -0.369 e. The van der Waals surface area contributed by atoms with Crippen LogP contribution in [-0.2, 0) is 9.59 Å². The minimum atomic E-state index is -0.822. The summed E-state index contributed by atoms with van der Waals surface area (Å²) in [5, 5.41) is 8.10. The second-order valence-electron chi connectivity index (χ2n) is 8.62. The Morgan fingerprint density at radius 1 is 1.10 bits per heavy atom. The van der Waals surface area contributed by atoms with Gasteiger partial charge in [-0.25, -0.2) is 4.39 Å². The molecule has 0 aliphatic carbocycles. The summed E-state index contributed by atoms with van der Waals surface area (Å²) in [6, 6.07) is 3.79. The Morgan fingerprint density at radius 2 is 1.84 bits per heavy atom. The molecule has 3 saturated heterocycles. The zero-order chi connectivity index (χ0) is 21.8. The van der Waals surface area contributed by atoms with E-state index in [-0.39, 0.29) is 24.3 Å². The van der Waals surface area contributed by atoms with Crippen LogP contribution in [0.1, 0.15) is 36.0 Å². The van der Waals surface area contributed by atoms with Crippen LogP contribution in [-0.4, -0.2) is 74.5 Å². The maximum atomic E-state index is 14.7. The number of amides is 3. The lowest BCUT2D eigenvalue weighted by molar-refractivity contribution is -0.134. The molecule has 0 saturated carbocycles. The molecule has 168 valence electrons. The summed E-state index contributed by atoms with van der Waals surface area (Å²) in [5.74, 6) is -1.41. The molecular weight excluding hydrogens is 401 g/mol. The molecular formula is C22H30FN5O3. The summed E-state index contributed by atoms with van der Waals surface area (Å²) >= 11 is 0. The van der Waals surface area contributed by atoms with Crippen molar-refractivity contribution in [2.45, 2.75) is 31.7 Å². The van der Waals surface area contributed by atoms with Crippen LogP contribution in [0.2, 0.25) is 0 Å². The second kappa shape index (κ2) is 9.74. The summed E-state index contributed by atoms with van der Waals surface area (Å²) < 4.78 is 14.7. The fraction of sp³-hybridized carbons (Fsp3) is 0.591. The number of carbonyl (C=O) groups excluding carboxylic acids is 3. The number of hydrogen-bond donors (Lipinski definition) is 3. The van der Waals surface area contributed by atoms with E-state index in [9.17, 15) is 18.8 Å². The third kappa shape index (κ3) is 5.40. The van der Waals surface area contributed by atoms with Crippen molar-refractivity contribution in [1.29, 1.82) is 0 Å². The van der Waals surface area contributed by atoms with Crippen molar-refractivity contribution in [3.05, 3.63) is 29.6 Å². The molecule has 31 heavy (non-hydrogen) atoms. The Labute approximate surface area is 181 Å². The first kappa shape index (κ1) is 21.7. The summed E-state index contributed by atoms with van der Waals surface area (Å²) in [6.07, 6.45) is 2.83. The molecule has 1 aromatic rings. The van der Waals surface area contributed by atoms with Crippen LogP contribution in [0.5, 0.6) is 0 Å². The third-order valence-electron chi connectivity index (χ3n) is 6.45. The number of piperazine rings is 1. The molecule has 0 bridgehead atoms. The summed E-state index contributed by atoms with van der Waals surface area (Å²) in [5.41, 5.74) is 0.662. The number of nitrogens with zero attached hydrogens (tertiary/aromatic N) is 2. The van der Waals surface area contributed by atoms with Gasteiger partial charge in [0.05, 0.1) is 5.56 Å². The van der Waals surface area contributed by atoms with Gasteiger partial charge in [0.15, 0.2) is 0 Å². The number of halogens is 1. The molecule has 0 spiro atoms. The van der Waals surface area contributed by atoms with Crippen molar-refractivity contribution < 1.29 is 18.8 Å².